The first-order valence-electron chi connectivity index (χ1n) is 7.08. The van der Waals surface area contributed by atoms with Crippen LogP contribution in [0.1, 0.15) is 5.56 Å². The van der Waals surface area contributed by atoms with Crippen LogP contribution in [0.15, 0.2) is 51.7 Å². The van der Waals surface area contributed by atoms with Gasteiger partial charge < -0.3 is 9.32 Å². The molecule has 1 aromatic heterocycles. The Kier molecular flexibility index (Phi) is 3.96. The monoisotopic (exact) mass is 330 g/mol. The average molecular weight is 331 g/mol. The average Bonchev–Trinajstić information content (AvgIpc) is 2.81. The first-order valence-corrected chi connectivity index (χ1v) is 7.45. The van der Waals surface area contributed by atoms with E-state index in [1.54, 1.807) is 25.2 Å². The lowest BCUT2D eigenvalue weighted by molar-refractivity contribution is -0.118. The minimum atomic E-state index is -0.576. The number of oxazole rings is 1. The summed E-state index contributed by atoms with van der Waals surface area (Å²) in [6.45, 7) is 1.86. The highest BCUT2D eigenvalue weighted by Crippen LogP contribution is 2.19. The van der Waals surface area contributed by atoms with Crippen molar-refractivity contribution in [2.24, 2.45) is 0 Å². The molecule has 0 bridgehead atoms. The van der Waals surface area contributed by atoms with Crippen LogP contribution in [0.5, 0.6) is 0 Å². The van der Waals surface area contributed by atoms with E-state index < -0.39 is 5.76 Å². The number of halogens is 1. The highest BCUT2D eigenvalue weighted by atomic mass is 35.5. The number of nitrogens with zero attached hydrogens (tertiary/aromatic N) is 2. The fourth-order valence-electron chi connectivity index (χ4n) is 2.41. The normalized spacial score (nSPS) is 10.9. The number of amides is 1. The van der Waals surface area contributed by atoms with E-state index in [1.165, 1.54) is 9.47 Å². The van der Waals surface area contributed by atoms with Crippen LogP contribution in [0, 0.1) is 6.92 Å². The van der Waals surface area contributed by atoms with Gasteiger partial charge in [0, 0.05) is 23.8 Å². The largest absolute Gasteiger partial charge is 0.420 e. The molecular weight excluding hydrogens is 316 g/mol. The van der Waals surface area contributed by atoms with Crippen molar-refractivity contribution in [2.45, 2.75) is 13.5 Å². The molecule has 0 saturated carbocycles. The second-order valence-corrected chi connectivity index (χ2v) is 5.79. The molecule has 5 nitrogen and oxygen atoms in total. The SMILES string of the molecule is Cc1cccc(N(C)C(=O)Cn2c(=O)oc3cc(Cl)ccc32)c1. The van der Waals surface area contributed by atoms with E-state index >= 15 is 0 Å². The maximum absolute atomic E-state index is 12.5. The van der Waals surface area contributed by atoms with E-state index in [9.17, 15) is 9.59 Å². The lowest BCUT2D eigenvalue weighted by Crippen LogP contribution is -2.32. The van der Waals surface area contributed by atoms with Crippen molar-refractivity contribution in [3.63, 3.8) is 0 Å². The first kappa shape index (κ1) is 15.4. The van der Waals surface area contributed by atoms with Gasteiger partial charge in [-0.15, -0.1) is 0 Å². The molecule has 23 heavy (non-hydrogen) atoms. The molecule has 0 N–H and O–H groups in total. The summed E-state index contributed by atoms with van der Waals surface area (Å²) in [4.78, 5) is 26.0. The Hall–Kier alpha value is -2.53. The Bertz CT molecular complexity index is 942. The van der Waals surface area contributed by atoms with Crippen molar-refractivity contribution >= 4 is 34.3 Å². The topological polar surface area (TPSA) is 55.5 Å². The molecule has 1 heterocycles. The van der Waals surface area contributed by atoms with Gasteiger partial charge in [0.1, 0.15) is 6.54 Å². The second-order valence-electron chi connectivity index (χ2n) is 5.36. The number of hydrogen-bond donors (Lipinski definition) is 0. The van der Waals surface area contributed by atoms with Crippen LogP contribution in [-0.4, -0.2) is 17.5 Å². The van der Waals surface area contributed by atoms with Crippen molar-refractivity contribution in [1.29, 1.82) is 0 Å². The van der Waals surface area contributed by atoms with Gasteiger partial charge in [-0.3, -0.25) is 9.36 Å². The zero-order chi connectivity index (χ0) is 16.6. The van der Waals surface area contributed by atoms with E-state index in [2.05, 4.69) is 0 Å². The third kappa shape index (κ3) is 3.00. The molecule has 0 aliphatic carbocycles. The summed E-state index contributed by atoms with van der Waals surface area (Å²) < 4.78 is 6.44. The lowest BCUT2D eigenvalue weighted by Gasteiger charge is -2.17. The Morgan fingerprint density at radius 2 is 2.04 bits per heavy atom. The van der Waals surface area contributed by atoms with Crippen molar-refractivity contribution in [3.05, 3.63) is 63.6 Å². The quantitative estimate of drug-likeness (QED) is 0.741. The molecule has 0 unspecified atom stereocenters. The molecule has 0 radical (unpaired) electrons. The van der Waals surface area contributed by atoms with E-state index in [1.807, 2.05) is 31.2 Å². The van der Waals surface area contributed by atoms with Crippen LogP contribution in [0.3, 0.4) is 0 Å². The molecule has 2 aromatic carbocycles. The number of benzene rings is 2. The van der Waals surface area contributed by atoms with Gasteiger partial charge in [-0.1, -0.05) is 23.7 Å². The summed E-state index contributed by atoms with van der Waals surface area (Å²) in [6, 6.07) is 12.5. The van der Waals surface area contributed by atoms with Gasteiger partial charge in [-0.25, -0.2) is 4.79 Å². The van der Waals surface area contributed by atoms with Gasteiger partial charge in [-0.05, 0) is 36.8 Å². The molecule has 0 saturated heterocycles. The van der Waals surface area contributed by atoms with E-state index in [4.69, 9.17) is 16.0 Å². The standard InChI is InChI=1S/C17H15ClN2O3/c1-11-4-3-5-13(8-11)19(2)16(21)10-20-14-7-6-12(18)9-15(14)23-17(20)22/h3-9H,10H2,1-2H3. The number of likely N-dealkylation sites (N-methyl/N-ethyl adjacent to an activating group) is 1. The molecule has 0 aliphatic heterocycles. The number of anilines is 1. The molecule has 0 aliphatic rings. The van der Waals surface area contributed by atoms with Crippen LogP contribution in [0.25, 0.3) is 11.1 Å². The lowest BCUT2D eigenvalue weighted by atomic mass is 10.2. The fraction of sp³-hybridized carbons (Fsp3) is 0.176. The van der Waals surface area contributed by atoms with E-state index in [0.717, 1.165) is 11.3 Å². The molecule has 1 amide bonds. The van der Waals surface area contributed by atoms with Crippen molar-refractivity contribution in [3.8, 4) is 0 Å². The predicted octanol–water partition coefficient (Wildman–Crippen LogP) is 3.22. The molecule has 0 atom stereocenters. The number of fused-ring (bicyclic) bond motifs is 1. The third-order valence-corrected chi connectivity index (χ3v) is 3.92. The number of aromatic nitrogens is 1. The Morgan fingerprint density at radius 3 is 2.78 bits per heavy atom. The van der Waals surface area contributed by atoms with E-state index in [0.29, 0.717) is 16.1 Å². The highest BCUT2D eigenvalue weighted by molar-refractivity contribution is 6.31. The molecule has 6 heteroatoms. The Labute approximate surface area is 137 Å². The Morgan fingerprint density at radius 1 is 1.26 bits per heavy atom. The molecule has 118 valence electrons. The highest BCUT2D eigenvalue weighted by Gasteiger charge is 2.16. The number of carbonyl (C=O) groups is 1. The van der Waals surface area contributed by atoms with Gasteiger partial charge >= 0.3 is 5.76 Å². The fourth-order valence-corrected chi connectivity index (χ4v) is 2.57. The van der Waals surface area contributed by atoms with Gasteiger partial charge in [-0.2, -0.15) is 0 Å². The first-order chi connectivity index (χ1) is 11.0. The minimum absolute atomic E-state index is 0.0993. The molecule has 0 fully saturated rings. The third-order valence-electron chi connectivity index (χ3n) is 3.69. The maximum atomic E-state index is 12.5. The number of aryl methyl sites for hydroxylation is 1. The van der Waals surface area contributed by atoms with Crippen LogP contribution in [-0.2, 0) is 11.3 Å². The van der Waals surface area contributed by atoms with Gasteiger partial charge in [0.05, 0.1) is 5.52 Å². The summed E-state index contributed by atoms with van der Waals surface area (Å²) >= 11 is 5.88. The summed E-state index contributed by atoms with van der Waals surface area (Å²) in [5, 5.41) is 0.474. The number of hydrogen-bond acceptors (Lipinski definition) is 3. The van der Waals surface area contributed by atoms with Gasteiger partial charge in [0.25, 0.3) is 0 Å². The second kappa shape index (κ2) is 5.93. The minimum Gasteiger partial charge on any atom is -0.408 e. The summed E-state index contributed by atoms with van der Waals surface area (Å²) in [7, 11) is 1.68. The van der Waals surface area contributed by atoms with Crippen LogP contribution >= 0.6 is 11.6 Å². The molecule has 0 spiro atoms. The zero-order valence-corrected chi connectivity index (χ0v) is 13.5. The summed E-state index contributed by atoms with van der Waals surface area (Å²) in [6.07, 6.45) is 0. The summed E-state index contributed by atoms with van der Waals surface area (Å²) in [5.41, 5.74) is 2.75. The van der Waals surface area contributed by atoms with Gasteiger partial charge in [0.15, 0.2) is 5.58 Å². The summed E-state index contributed by atoms with van der Waals surface area (Å²) in [5.74, 6) is -0.788. The van der Waals surface area contributed by atoms with Crippen LogP contribution < -0.4 is 10.7 Å². The maximum Gasteiger partial charge on any atom is 0.420 e. The van der Waals surface area contributed by atoms with Crippen LogP contribution in [0.4, 0.5) is 5.69 Å². The molecular formula is C17H15ClN2O3. The predicted molar refractivity (Wildman–Crippen MR) is 90.1 cm³/mol. The van der Waals surface area contributed by atoms with Crippen LogP contribution in [0.2, 0.25) is 5.02 Å². The van der Waals surface area contributed by atoms with Crippen molar-refractivity contribution in [1.82, 2.24) is 4.57 Å². The Balaban J connectivity index is 1.91. The van der Waals surface area contributed by atoms with E-state index in [-0.39, 0.29) is 12.5 Å². The smallest absolute Gasteiger partial charge is 0.408 e. The molecule has 3 rings (SSSR count). The van der Waals surface area contributed by atoms with Crippen molar-refractivity contribution in [2.75, 3.05) is 11.9 Å². The van der Waals surface area contributed by atoms with Gasteiger partial charge in [0.2, 0.25) is 5.91 Å². The zero-order valence-electron chi connectivity index (χ0n) is 12.7. The number of rotatable bonds is 3. The molecule has 3 aromatic rings. The van der Waals surface area contributed by atoms with Crippen molar-refractivity contribution < 1.29 is 9.21 Å². The number of carbonyl (C=O) groups excluding carboxylic acids is 1.